The van der Waals surface area contributed by atoms with Crippen molar-refractivity contribution < 1.29 is 9.13 Å². The Hall–Kier alpha value is -0.540. The molecule has 1 aliphatic carbocycles. The van der Waals surface area contributed by atoms with Gasteiger partial charge in [-0.25, -0.2) is 4.39 Å². The molecule has 0 aromatic rings. The Bertz CT molecular complexity index is 242. The Morgan fingerprint density at radius 1 is 1.77 bits per heavy atom. The third-order valence-corrected chi connectivity index (χ3v) is 2.05. The van der Waals surface area contributed by atoms with E-state index in [1.165, 1.54) is 18.2 Å². The summed E-state index contributed by atoms with van der Waals surface area (Å²) in [6.07, 6.45) is 3.80. The van der Waals surface area contributed by atoms with Gasteiger partial charge in [0.2, 0.25) is 0 Å². The summed E-state index contributed by atoms with van der Waals surface area (Å²) >= 11 is 5.98. The summed E-state index contributed by atoms with van der Waals surface area (Å²) in [7, 11) is 0. The number of rotatable bonds is 3. The van der Waals surface area contributed by atoms with Crippen LogP contribution in [0.5, 0.6) is 0 Å². The molecule has 0 radical (unpaired) electrons. The van der Waals surface area contributed by atoms with Gasteiger partial charge in [0.15, 0.2) is 11.2 Å². The summed E-state index contributed by atoms with van der Waals surface area (Å²) in [6.45, 7) is 2.49. The van der Waals surface area contributed by atoms with Gasteiger partial charge in [0.05, 0.1) is 0 Å². The Kier molecular flexibility index (Phi) is 3.33. The summed E-state index contributed by atoms with van der Waals surface area (Å²) in [5.41, 5.74) is 5.50. The van der Waals surface area contributed by atoms with Crippen LogP contribution in [0.25, 0.3) is 0 Å². The van der Waals surface area contributed by atoms with Gasteiger partial charge in [0.1, 0.15) is 0 Å². The van der Waals surface area contributed by atoms with E-state index in [1.807, 2.05) is 6.92 Å². The number of ether oxygens (including phenoxy) is 1. The van der Waals surface area contributed by atoms with Crippen molar-refractivity contribution in [1.29, 1.82) is 0 Å². The van der Waals surface area contributed by atoms with Crippen molar-refractivity contribution in [2.75, 3.05) is 6.61 Å². The highest BCUT2D eigenvalue weighted by Gasteiger charge is 2.27. The minimum Gasteiger partial charge on any atom is -0.400 e. The lowest BCUT2D eigenvalue weighted by Gasteiger charge is -2.24. The smallest absolute Gasteiger partial charge is 0.181 e. The molecule has 2 nitrogen and oxygen atoms in total. The van der Waals surface area contributed by atoms with E-state index >= 15 is 0 Å². The maximum absolute atomic E-state index is 12.8. The fourth-order valence-corrected chi connectivity index (χ4v) is 1.31. The predicted octanol–water partition coefficient (Wildman–Crippen LogP) is 2.10. The van der Waals surface area contributed by atoms with Crippen molar-refractivity contribution in [2.45, 2.75) is 24.6 Å². The van der Waals surface area contributed by atoms with E-state index in [2.05, 4.69) is 0 Å². The standard InChI is InChI=1S/C9H13ClFNO/c1-2-5-13-9(10)4-3-7(11)8(12)6-9/h3-4,6-7H,2,5,12H2,1H3. The Labute approximate surface area is 82.2 Å². The Balaban J connectivity index is 2.65. The van der Waals surface area contributed by atoms with Gasteiger partial charge in [-0.15, -0.1) is 0 Å². The summed E-state index contributed by atoms with van der Waals surface area (Å²) in [5.74, 6) is 0. The second kappa shape index (κ2) is 4.11. The van der Waals surface area contributed by atoms with Crippen molar-refractivity contribution in [3.63, 3.8) is 0 Å². The van der Waals surface area contributed by atoms with E-state index in [1.54, 1.807) is 0 Å². The van der Waals surface area contributed by atoms with Crippen LogP contribution in [0, 0.1) is 0 Å². The summed E-state index contributed by atoms with van der Waals surface area (Å²) in [5, 5.41) is -1.05. The molecule has 0 bridgehead atoms. The Morgan fingerprint density at radius 3 is 3.00 bits per heavy atom. The summed E-state index contributed by atoms with van der Waals surface area (Å²) in [4.78, 5) is 0. The minimum absolute atomic E-state index is 0.105. The van der Waals surface area contributed by atoms with Crippen molar-refractivity contribution in [2.24, 2.45) is 5.73 Å². The minimum atomic E-state index is -1.24. The van der Waals surface area contributed by atoms with Gasteiger partial charge in [0, 0.05) is 12.3 Å². The number of alkyl halides is 2. The van der Waals surface area contributed by atoms with Crippen LogP contribution >= 0.6 is 11.6 Å². The number of halogens is 2. The highest BCUT2D eigenvalue weighted by atomic mass is 35.5. The number of hydrogen-bond donors (Lipinski definition) is 1. The highest BCUT2D eigenvalue weighted by Crippen LogP contribution is 2.27. The van der Waals surface area contributed by atoms with Crippen molar-refractivity contribution in [1.82, 2.24) is 0 Å². The van der Waals surface area contributed by atoms with Gasteiger partial charge >= 0.3 is 0 Å². The van der Waals surface area contributed by atoms with E-state index in [-0.39, 0.29) is 5.70 Å². The fraction of sp³-hybridized carbons (Fsp3) is 0.556. The third kappa shape index (κ3) is 2.71. The number of nitrogens with two attached hydrogens (primary N) is 1. The lowest BCUT2D eigenvalue weighted by Crippen LogP contribution is -2.28. The molecule has 74 valence electrons. The van der Waals surface area contributed by atoms with Crippen LogP contribution in [0.15, 0.2) is 23.9 Å². The van der Waals surface area contributed by atoms with Gasteiger partial charge in [-0.05, 0) is 24.6 Å². The largest absolute Gasteiger partial charge is 0.400 e. The van der Waals surface area contributed by atoms with Crippen LogP contribution in [-0.2, 0) is 4.74 Å². The van der Waals surface area contributed by atoms with Crippen LogP contribution in [-0.4, -0.2) is 17.8 Å². The van der Waals surface area contributed by atoms with Crippen molar-refractivity contribution in [3.8, 4) is 0 Å². The molecule has 2 unspecified atom stereocenters. The van der Waals surface area contributed by atoms with Crippen molar-refractivity contribution in [3.05, 3.63) is 23.9 Å². The molecule has 0 heterocycles. The summed E-state index contributed by atoms with van der Waals surface area (Å²) < 4.78 is 18.1. The molecular formula is C9H13ClFNO. The lowest BCUT2D eigenvalue weighted by atomic mass is 10.1. The molecule has 1 aliphatic rings. The molecule has 13 heavy (non-hydrogen) atoms. The Morgan fingerprint density at radius 2 is 2.46 bits per heavy atom. The second-order valence-corrected chi connectivity index (χ2v) is 3.54. The van der Waals surface area contributed by atoms with E-state index in [0.29, 0.717) is 6.61 Å². The van der Waals surface area contributed by atoms with Crippen LogP contribution < -0.4 is 5.73 Å². The van der Waals surface area contributed by atoms with E-state index in [0.717, 1.165) is 6.42 Å². The molecule has 0 spiro atoms. The first-order valence-corrected chi connectivity index (χ1v) is 4.60. The van der Waals surface area contributed by atoms with Gasteiger partial charge < -0.3 is 10.5 Å². The first-order chi connectivity index (χ1) is 6.07. The topological polar surface area (TPSA) is 35.2 Å². The molecule has 0 saturated carbocycles. The quantitative estimate of drug-likeness (QED) is 0.566. The fourth-order valence-electron chi connectivity index (χ4n) is 1.03. The number of allylic oxidation sites excluding steroid dienone is 1. The van der Waals surface area contributed by atoms with Gasteiger partial charge in [-0.3, -0.25) is 0 Å². The molecule has 2 atom stereocenters. The maximum Gasteiger partial charge on any atom is 0.181 e. The zero-order valence-electron chi connectivity index (χ0n) is 7.47. The van der Waals surface area contributed by atoms with Crippen LogP contribution in [0.4, 0.5) is 4.39 Å². The first-order valence-electron chi connectivity index (χ1n) is 4.22. The molecule has 2 N–H and O–H groups in total. The third-order valence-electron chi connectivity index (χ3n) is 1.70. The average molecular weight is 206 g/mol. The van der Waals surface area contributed by atoms with E-state index in [4.69, 9.17) is 22.1 Å². The molecule has 4 heteroatoms. The van der Waals surface area contributed by atoms with Crippen LogP contribution in [0.2, 0.25) is 0 Å². The molecule has 0 saturated heterocycles. The van der Waals surface area contributed by atoms with Gasteiger partial charge in [-0.1, -0.05) is 18.5 Å². The zero-order valence-corrected chi connectivity index (χ0v) is 8.22. The maximum atomic E-state index is 12.8. The molecule has 1 rings (SSSR count). The van der Waals surface area contributed by atoms with Gasteiger partial charge in [-0.2, -0.15) is 0 Å². The summed E-state index contributed by atoms with van der Waals surface area (Å²) in [6, 6.07) is 0. The normalized spacial score (nSPS) is 33.2. The zero-order chi connectivity index (χ0) is 9.90. The monoisotopic (exact) mass is 205 g/mol. The van der Waals surface area contributed by atoms with E-state index < -0.39 is 11.2 Å². The molecule has 0 aliphatic heterocycles. The number of hydrogen-bond acceptors (Lipinski definition) is 2. The predicted molar refractivity (Wildman–Crippen MR) is 51.1 cm³/mol. The van der Waals surface area contributed by atoms with E-state index in [9.17, 15) is 4.39 Å². The molecular weight excluding hydrogens is 193 g/mol. The molecule has 0 aromatic heterocycles. The first kappa shape index (κ1) is 10.5. The molecule has 0 amide bonds. The highest BCUT2D eigenvalue weighted by molar-refractivity contribution is 6.25. The lowest BCUT2D eigenvalue weighted by molar-refractivity contribution is 0.0836. The van der Waals surface area contributed by atoms with Crippen LogP contribution in [0.3, 0.4) is 0 Å². The average Bonchev–Trinajstić information content (AvgIpc) is 2.09. The van der Waals surface area contributed by atoms with Gasteiger partial charge in [0.25, 0.3) is 0 Å². The SMILES string of the molecule is CCCOC1(Cl)C=CC(F)C(N)=C1. The molecule has 0 aromatic carbocycles. The van der Waals surface area contributed by atoms with Crippen molar-refractivity contribution >= 4 is 11.6 Å². The second-order valence-electron chi connectivity index (χ2n) is 2.95. The van der Waals surface area contributed by atoms with Crippen LogP contribution in [0.1, 0.15) is 13.3 Å². The molecule has 0 fully saturated rings.